The maximum atomic E-state index is 11.5. The lowest BCUT2D eigenvalue weighted by molar-refractivity contribution is -0.116. The van der Waals surface area contributed by atoms with E-state index in [2.05, 4.69) is 32.8 Å². The molecule has 25 heavy (non-hydrogen) atoms. The quantitative estimate of drug-likeness (QED) is 0.794. The molecule has 7 nitrogen and oxygen atoms in total. The Morgan fingerprint density at radius 1 is 1.28 bits per heavy atom. The summed E-state index contributed by atoms with van der Waals surface area (Å²) in [6, 6.07) is 5.86. The Bertz CT molecular complexity index is 832. The summed E-state index contributed by atoms with van der Waals surface area (Å²) >= 11 is 0. The average Bonchev–Trinajstić information content (AvgIpc) is 2.56. The van der Waals surface area contributed by atoms with Gasteiger partial charge >= 0.3 is 0 Å². The van der Waals surface area contributed by atoms with Crippen LogP contribution in [-0.2, 0) is 16.0 Å². The third-order valence-corrected chi connectivity index (χ3v) is 4.49. The molecule has 2 aliphatic heterocycles. The Morgan fingerprint density at radius 3 is 2.88 bits per heavy atom. The molecule has 1 fully saturated rings. The summed E-state index contributed by atoms with van der Waals surface area (Å²) in [6.45, 7) is 5.45. The van der Waals surface area contributed by atoms with E-state index in [4.69, 9.17) is 4.74 Å². The molecule has 0 radical (unpaired) electrons. The van der Waals surface area contributed by atoms with Gasteiger partial charge in [0.2, 0.25) is 11.9 Å². The number of hydrogen-bond acceptors (Lipinski definition) is 6. The number of aromatic nitrogens is 2. The molecule has 0 aliphatic carbocycles. The fraction of sp³-hybridized carbons (Fsp3) is 0.389. The highest BCUT2D eigenvalue weighted by molar-refractivity contribution is 5.94. The van der Waals surface area contributed by atoms with Crippen molar-refractivity contribution in [2.24, 2.45) is 0 Å². The zero-order valence-electron chi connectivity index (χ0n) is 14.3. The lowest BCUT2D eigenvalue weighted by atomic mass is 10.0. The number of rotatable bonds is 4. The molecule has 1 saturated heterocycles. The molecular weight excluding hydrogens is 318 g/mol. The smallest absolute Gasteiger partial charge is 0.229 e. The highest BCUT2D eigenvalue weighted by atomic mass is 16.5. The first-order valence-electron chi connectivity index (χ1n) is 8.40. The second-order valence-corrected chi connectivity index (χ2v) is 6.95. The first kappa shape index (κ1) is 15.8. The van der Waals surface area contributed by atoms with E-state index in [0.717, 1.165) is 34.7 Å². The molecule has 2 aliphatic rings. The van der Waals surface area contributed by atoms with Gasteiger partial charge in [-0.1, -0.05) is 0 Å². The summed E-state index contributed by atoms with van der Waals surface area (Å²) in [7, 11) is 0. The summed E-state index contributed by atoms with van der Waals surface area (Å²) in [5, 5.41) is 9.58. The summed E-state index contributed by atoms with van der Waals surface area (Å²) in [4.78, 5) is 20.4. The van der Waals surface area contributed by atoms with Crippen molar-refractivity contribution in [3.05, 3.63) is 35.5 Å². The number of carbonyl (C=O) groups excluding carboxylic acids is 1. The molecule has 3 heterocycles. The van der Waals surface area contributed by atoms with Gasteiger partial charge in [-0.2, -0.15) is 4.98 Å². The second kappa shape index (κ2) is 6.00. The Labute approximate surface area is 146 Å². The van der Waals surface area contributed by atoms with Crippen molar-refractivity contribution in [3.8, 4) is 0 Å². The lowest BCUT2D eigenvalue weighted by Crippen LogP contribution is -2.53. The summed E-state index contributed by atoms with van der Waals surface area (Å²) in [5.74, 6) is 1.42. The van der Waals surface area contributed by atoms with Crippen LogP contribution >= 0.6 is 0 Å². The zero-order chi connectivity index (χ0) is 17.4. The molecule has 7 heteroatoms. The Balaban J connectivity index is 1.53. The number of aryl methyl sites for hydroxylation is 2. The number of benzene rings is 1. The average molecular weight is 339 g/mol. The SMILES string of the molecule is Cc1cnc(Nc2ccc3c(c2)CCC(=O)N3)nc1NC1(C)COC1. The molecule has 130 valence electrons. The van der Waals surface area contributed by atoms with Crippen LogP contribution < -0.4 is 16.0 Å². The first-order chi connectivity index (χ1) is 12.0. The molecule has 3 N–H and O–H groups in total. The van der Waals surface area contributed by atoms with Crippen LogP contribution in [0.5, 0.6) is 0 Å². The largest absolute Gasteiger partial charge is 0.376 e. The van der Waals surface area contributed by atoms with Crippen LogP contribution in [0.1, 0.15) is 24.5 Å². The zero-order valence-corrected chi connectivity index (χ0v) is 14.3. The predicted octanol–water partition coefficient (Wildman–Crippen LogP) is 2.61. The van der Waals surface area contributed by atoms with E-state index in [1.807, 2.05) is 25.1 Å². The van der Waals surface area contributed by atoms with Crippen molar-refractivity contribution in [2.75, 3.05) is 29.2 Å². The molecule has 0 unspecified atom stereocenters. The van der Waals surface area contributed by atoms with Gasteiger partial charge in [0.1, 0.15) is 5.82 Å². The number of amides is 1. The van der Waals surface area contributed by atoms with E-state index in [9.17, 15) is 4.79 Å². The molecule has 1 aromatic carbocycles. The van der Waals surface area contributed by atoms with Crippen LogP contribution in [0.3, 0.4) is 0 Å². The predicted molar refractivity (Wildman–Crippen MR) is 96.3 cm³/mol. The van der Waals surface area contributed by atoms with Crippen molar-refractivity contribution in [2.45, 2.75) is 32.2 Å². The van der Waals surface area contributed by atoms with Gasteiger partial charge in [0.25, 0.3) is 0 Å². The number of ether oxygens (including phenoxy) is 1. The maximum Gasteiger partial charge on any atom is 0.229 e. The van der Waals surface area contributed by atoms with Gasteiger partial charge in [0.05, 0.1) is 18.8 Å². The van der Waals surface area contributed by atoms with Crippen LogP contribution in [0, 0.1) is 6.92 Å². The van der Waals surface area contributed by atoms with Gasteiger partial charge in [-0.3, -0.25) is 4.79 Å². The number of nitrogens with zero attached hydrogens (tertiary/aromatic N) is 2. The third kappa shape index (κ3) is 3.28. The normalized spacial score (nSPS) is 17.9. The van der Waals surface area contributed by atoms with E-state index >= 15 is 0 Å². The number of anilines is 4. The van der Waals surface area contributed by atoms with E-state index < -0.39 is 0 Å². The van der Waals surface area contributed by atoms with Gasteiger partial charge in [-0.25, -0.2) is 4.98 Å². The van der Waals surface area contributed by atoms with Gasteiger partial charge in [-0.05, 0) is 44.0 Å². The topological polar surface area (TPSA) is 88.2 Å². The third-order valence-electron chi connectivity index (χ3n) is 4.49. The minimum Gasteiger partial charge on any atom is -0.376 e. The Hall–Kier alpha value is -2.67. The van der Waals surface area contributed by atoms with Crippen LogP contribution in [0.25, 0.3) is 0 Å². The van der Waals surface area contributed by atoms with E-state index in [0.29, 0.717) is 25.6 Å². The minimum absolute atomic E-state index is 0.0688. The molecule has 1 amide bonds. The highest BCUT2D eigenvalue weighted by Gasteiger charge is 2.33. The van der Waals surface area contributed by atoms with Gasteiger partial charge in [0.15, 0.2) is 0 Å². The number of nitrogens with one attached hydrogen (secondary N) is 3. The number of fused-ring (bicyclic) bond motifs is 1. The number of hydrogen-bond donors (Lipinski definition) is 3. The Kier molecular flexibility index (Phi) is 3.80. The number of carbonyl (C=O) groups is 1. The van der Waals surface area contributed by atoms with Crippen molar-refractivity contribution >= 4 is 29.0 Å². The molecule has 1 aromatic heterocycles. The monoisotopic (exact) mass is 339 g/mol. The molecule has 2 aromatic rings. The summed E-state index contributed by atoms with van der Waals surface area (Å²) in [6.07, 6.45) is 3.07. The molecular formula is C18H21N5O2. The molecule has 0 atom stereocenters. The maximum absolute atomic E-state index is 11.5. The van der Waals surface area contributed by atoms with Crippen molar-refractivity contribution < 1.29 is 9.53 Å². The first-order valence-corrected chi connectivity index (χ1v) is 8.40. The fourth-order valence-electron chi connectivity index (χ4n) is 2.99. The van der Waals surface area contributed by atoms with Crippen molar-refractivity contribution in [1.82, 2.24) is 9.97 Å². The van der Waals surface area contributed by atoms with Gasteiger partial charge < -0.3 is 20.7 Å². The highest BCUT2D eigenvalue weighted by Crippen LogP contribution is 2.28. The van der Waals surface area contributed by atoms with Crippen molar-refractivity contribution in [3.63, 3.8) is 0 Å². The van der Waals surface area contributed by atoms with Crippen LogP contribution in [0.2, 0.25) is 0 Å². The van der Waals surface area contributed by atoms with Gasteiger partial charge in [0, 0.05) is 29.6 Å². The Morgan fingerprint density at radius 2 is 2.12 bits per heavy atom. The molecule has 0 spiro atoms. The standard InChI is InChI=1S/C18H21N5O2/c1-11-8-19-17(22-16(11)23-18(2)9-25-10-18)20-13-4-5-14-12(7-13)3-6-15(24)21-14/h4-5,7-8H,3,6,9-10H2,1-2H3,(H,21,24)(H2,19,20,22,23). The van der Waals surface area contributed by atoms with Crippen LogP contribution in [0.4, 0.5) is 23.1 Å². The summed E-state index contributed by atoms with van der Waals surface area (Å²) < 4.78 is 5.28. The fourth-order valence-corrected chi connectivity index (χ4v) is 2.99. The van der Waals surface area contributed by atoms with E-state index in [1.165, 1.54) is 0 Å². The summed E-state index contributed by atoms with van der Waals surface area (Å²) in [5.41, 5.74) is 3.83. The van der Waals surface area contributed by atoms with E-state index in [1.54, 1.807) is 6.20 Å². The minimum atomic E-state index is -0.0690. The van der Waals surface area contributed by atoms with Crippen molar-refractivity contribution in [1.29, 1.82) is 0 Å². The second-order valence-electron chi connectivity index (χ2n) is 6.95. The molecule has 0 bridgehead atoms. The molecule has 4 rings (SSSR count). The van der Waals surface area contributed by atoms with Crippen LogP contribution in [0.15, 0.2) is 24.4 Å². The van der Waals surface area contributed by atoms with Gasteiger partial charge in [-0.15, -0.1) is 0 Å². The van der Waals surface area contributed by atoms with Crippen LogP contribution in [-0.4, -0.2) is 34.6 Å². The molecule has 0 saturated carbocycles. The lowest BCUT2D eigenvalue weighted by Gasteiger charge is -2.39. The van der Waals surface area contributed by atoms with E-state index in [-0.39, 0.29) is 11.4 Å².